The zero-order valence-corrected chi connectivity index (χ0v) is 18.5. The third-order valence-corrected chi connectivity index (χ3v) is 5.85. The van der Waals surface area contributed by atoms with E-state index in [1.807, 2.05) is 38.1 Å². The predicted molar refractivity (Wildman–Crippen MR) is 118 cm³/mol. The van der Waals surface area contributed by atoms with Gasteiger partial charge in [-0.05, 0) is 70.4 Å². The van der Waals surface area contributed by atoms with E-state index in [1.165, 1.54) is 6.21 Å². The molecule has 3 aromatic carbocycles. The van der Waals surface area contributed by atoms with Crippen molar-refractivity contribution in [2.45, 2.75) is 18.7 Å². The summed E-state index contributed by atoms with van der Waals surface area (Å²) in [5.74, 6) is 1.16. The fraction of sp³-hybridized carbons (Fsp3) is 0.190. The van der Waals surface area contributed by atoms with Crippen LogP contribution in [0.2, 0.25) is 0 Å². The summed E-state index contributed by atoms with van der Waals surface area (Å²) >= 11 is 3.45. The Morgan fingerprint density at radius 3 is 2.45 bits per heavy atom. The number of hydrogen-bond acceptors (Lipinski definition) is 5. The summed E-state index contributed by atoms with van der Waals surface area (Å²) in [6.07, 6.45) is 1.42. The predicted octanol–water partition coefficient (Wildman–Crippen LogP) is 4.71. The molecule has 0 radical (unpaired) electrons. The van der Waals surface area contributed by atoms with Crippen LogP contribution in [0.3, 0.4) is 0 Å². The van der Waals surface area contributed by atoms with E-state index in [1.54, 1.807) is 30.3 Å². The van der Waals surface area contributed by atoms with E-state index in [-0.39, 0.29) is 4.90 Å². The van der Waals surface area contributed by atoms with Gasteiger partial charge < -0.3 is 9.47 Å². The molecule has 0 aliphatic heterocycles. The van der Waals surface area contributed by atoms with E-state index < -0.39 is 10.0 Å². The molecule has 152 valence electrons. The van der Waals surface area contributed by atoms with Crippen LogP contribution in [0.5, 0.6) is 11.5 Å². The minimum atomic E-state index is -3.78. The molecule has 8 heteroatoms. The highest BCUT2D eigenvalue weighted by Gasteiger charge is 2.14. The van der Waals surface area contributed by atoms with E-state index in [0.29, 0.717) is 34.7 Å². The number of ether oxygens (including phenoxy) is 2. The number of fused-ring (bicyclic) bond motifs is 1. The fourth-order valence-electron chi connectivity index (χ4n) is 2.77. The molecule has 0 fully saturated rings. The number of halogens is 1. The van der Waals surface area contributed by atoms with E-state index in [0.717, 1.165) is 10.8 Å². The van der Waals surface area contributed by atoms with Crippen LogP contribution in [0.4, 0.5) is 0 Å². The second-order valence-corrected chi connectivity index (χ2v) is 8.57. The highest BCUT2D eigenvalue weighted by atomic mass is 79.9. The highest BCUT2D eigenvalue weighted by molar-refractivity contribution is 9.10. The van der Waals surface area contributed by atoms with Gasteiger partial charge in [-0.3, -0.25) is 0 Å². The lowest BCUT2D eigenvalue weighted by atomic mass is 10.1. The minimum absolute atomic E-state index is 0.149. The van der Waals surface area contributed by atoms with Gasteiger partial charge in [-0.15, -0.1) is 0 Å². The first-order valence-corrected chi connectivity index (χ1v) is 11.3. The van der Waals surface area contributed by atoms with Crippen molar-refractivity contribution in [1.29, 1.82) is 0 Å². The molecule has 0 aromatic heterocycles. The number of hydrazone groups is 1. The smallest absolute Gasteiger partial charge is 0.276 e. The van der Waals surface area contributed by atoms with E-state index in [2.05, 4.69) is 25.9 Å². The molecule has 0 atom stereocenters. The van der Waals surface area contributed by atoms with Gasteiger partial charge in [-0.2, -0.15) is 13.5 Å². The van der Waals surface area contributed by atoms with Gasteiger partial charge in [0.2, 0.25) is 0 Å². The fourth-order valence-corrected chi connectivity index (χ4v) is 4.17. The summed E-state index contributed by atoms with van der Waals surface area (Å²) in [6, 6.07) is 16.0. The zero-order chi connectivity index (χ0) is 20.9. The molecule has 0 amide bonds. The topological polar surface area (TPSA) is 77.0 Å². The molecule has 3 rings (SSSR count). The van der Waals surface area contributed by atoms with Crippen molar-refractivity contribution >= 4 is 42.9 Å². The molecule has 0 unspecified atom stereocenters. The molecule has 0 aliphatic rings. The van der Waals surface area contributed by atoms with E-state index in [4.69, 9.17) is 9.47 Å². The summed E-state index contributed by atoms with van der Waals surface area (Å²) < 4.78 is 37.0. The number of sulfonamides is 1. The Morgan fingerprint density at radius 1 is 1.00 bits per heavy atom. The third-order valence-electron chi connectivity index (χ3n) is 4.04. The van der Waals surface area contributed by atoms with Crippen molar-refractivity contribution in [2.24, 2.45) is 5.10 Å². The van der Waals surface area contributed by atoms with Crippen molar-refractivity contribution in [3.8, 4) is 11.5 Å². The number of nitrogens with one attached hydrogen (secondary N) is 1. The van der Waals surface area contributed by atoms with Crippen LogP contribution >= 0.6 is 15.9 Å². The van der Waals surface area contributed by atoms with Crippen LogP contribution in [0.25, 0.3) is 10.8 Å². The Morgan fingerprint density at radius 2 is 1.72 bits per heavy atom. The van der Waals surface area contributed by atoms with Crippen LogP contribution in [0.15, 0.2) is 69.1 Å². The largest absolute Gasteiger partial charge is 0.490 e. The first kappa shape index (κ1) is 21.1. The van der Waals surface area contributed by atoms with E-state index in [9.17, 15) is 8.42 Å². The lowest BCUT2D eigenvalue weighted by Gasteiger charge is -2.13. The summed E-state index contributed by atoms with van der Waals surface area (Å²) in [5.41, 5.74) is 0.657. The van der Waals surface area contributed by atoms with Gasteiger partial charge in [0, 0.05) is 0 Å². The van der Waals surface area contributed by atoms with Gasteiger partial charge in [-0.25, -0.2) is 4.83 Å². The highest BCUT2D eigenvalue weighted by Crippen LogP contribution is 2.36. The van der Waals surface area contributed by atoms with Crippen LogP contribution in [0.1, 0.15) is 19.4 Å². The Labute approximate surface area is 178 Å². The van der Waals surface area contributed by atoms with Gasteiger partial charge in [-0.1, -0.05) is 30.3 Å². The van der Waals surface area contributed by atoms with E-state index >= 15 is 0 Å². The molecule has 29 heavy (non-hydrogen) atoms. The molecule has 3 aromatic rings. The Hall–Kier alpha value is -2.58. The quantitative estimate of drug-likeness (QED) is 0.377. The molecule has 0 spiro atoms. The van der Waals surface area contributed by atoms with Crippen molar-refractivity contribution < 1.29 is 17.9 Å². The minimum Gasteiger partial charge on any atom is -0.490 e. The number of benzene rings is 3. The average molecular weight is 477 g/mol. The standard InChI is InChI=1S/C21H21BrN2O4S/c1-3-27-20-12-15(11-19(22)21(20)28-4-2)14-23-24-29(25,26)18-10-9-16-7-5-6-8-17(16)13-18/h5-14,24H,3-4H2,1-2H3. The molecule has 0 saturated carbocycles. The van der Waals surface area contributed by atoms with Crippen molar-refractivity contribution in [3.63, 3.8) is 0 Å². The summed E-state index contributed by atoms with van der Waals surface area (Å²) in [4.78, 5) is 2.40. The van der Waals surface area contributed by atoms with Crippen LogP contribution < -0.4 is 14.3 Å². The molecule has 0 bridgehead atoms. The number of hydrogen-bond donors (Lipinski definition) is 1. The SMILES string of the molecule is CCOc1cc(C=NNS(=O)(=O)c2ccc3ccccc3c2)cc(Br)c1OCC. The number of nitrogens with zero attached hydrogens (tertiary/aromatic N) is 1. The Kier molecular flexibility index (Phi) is 6.76. The molecule has 0 heterocycles. The van der Waals surface area contributed by atoms with Crippen molar-refractivity contribution in [3.05, 3.63) is 64.6 Å². The van der Waals surface area contributed by atoms with Gasteiger partial charge in [0.05, 0.1) is 28.8 Å². The maximum absolute atomic E-state index is 12.6. The summed E-state index contributed by atoms with van der Waals surface area (Å²) in [5, 5.41) is 5.72. The van der Waals surface area contributed by atoms with Crippen LogP contribution in [-0.2, 0) is 10.0 Å². The average Bonchev–Trinajstić information content (AvgIpc) is 2.70. The molecular formula is C21H21BrN2O4S. The molecule has 1 N–H and O–H groups in total. The Balaban J connectivity index is 1.82. The van der Waals surface area contributed by atoms with Crippen LogP contribution in [-0.4, -0.2) is 27.8 Å². The summed E-state index contributed by atoms with van der Waals surface area (Å²) in [6.45, 7) is 4.74. The maximum atomic E-state index is 12.6. The first-order chi connectivity index (χ1) is 13.9. The lowest BCUT2D eigenvalue weighted by molar-refractivity contribution is 0.286. The molecule has 0 saturated heterocycles. The molecular weight excluding hydrogens is 456 g/mol. The van der Waals surface area contributed by atoms with Gasteiger partial charge >= 0.3 is 0 Å². The molecule has 6 nitrogen and oxygen atoms in total. The summed E-state index contributed by atoms with van der Waals surface area (Å²) in [7, 11) is -3.78. The second-order valence-electron chi connectivity index (χ2n) is 6.06. The van der Waals surface area contributed by atoms with Crippen molar-refractivity contribution in [2.75, 3.05) is 13.2 Å². The second kappa shape index (κ2) is 9.28. The van der Waals surface area contributed by atoms with Gasteiger partial charge in [0.15, 0.2) is 11.5 Å². The van der Waals surface area contributed by atoms with Crippen molar-refractivity contribution in [1.82, 2.24) is 4.83 Å². The van der Waals surface area contributed by atoms with Gasteiger partial charge in [0.25, 0.3) is 10.0 Å². The zero-order valence-electron chi connectivity index (χ0n) is 16.1. The maximum Gasteiger partial charge on any atom is 0.276 e. The molecule has 0 aliphatic carbocycles. The van der Waals surface area contributed by atoms with Crippen LogP contribution in [0, 0.1) is 0 Å². The van der Waals surface area contributed by atoms with Gasteiger partial charge in [0.1, 0.15) is 0 Å². The number of rotatable bonds is 8. The monoisotopic (exact) mass is 476 g/mol. The Bertz CT molecular complexity index is 1150. The lowest BCUT2D eigenvalue weighted by Crippen LogP contribution is -2.18. The normalized spacial score (nSPS) is 11.7. The first-order valence-electron chi connectivity index (χ1n) is 9.07. The third kappa shape index (κ3) is 5.07.